The molecule has 2 aromatic carbocycles. The molecule has 0 unspecified atom stereocenters. The number of carbonyl (C=O) groups is 1. The van der Waals surface area contributed by atoms with E-state index in [2.05, 4.69) is 0 Å². The number of halogens is 3. The van der Waals surface area contributed by atoms with Crippen molar-refractivity contribution >= 4 is 46.0 Å². The van der Waals surface area contributed by atoms with Crippen molar-refractivity contribution in [1.82, 2.24) is 0 Å². The molecule has 0 saturated carbocycles. The molecule has 164 valence electrons. The van der Waals surface area contributed by atoms with Crippen molar-refractivity contribution in [3.8, 4) is 11.5 Å². The Labute approximate surface area is 188 Å². The molecule has 0 aliphatic carbocycles. The highest BCUT2D eigenvalue weighted by Crippen LogP contribution is 2.39. The summed E-state index contributed by atoms with van der Waals surface area (Å²) in [6.07, 6.45) is -2.02. The fraction of sp³-hybridized carbons (Fsp3) is 0.273. The lowest BCUT2D eigenvalue weighted by Crippen LogP contribution is -2.27. The lowest BCUT2D eigenvalue weighted by atomic mass is 10.1. The number of benzene rings is 2. The monoisotopic (exact) mass is 467 g/mol. The Morgan fingerprint density at radius 1 is 1.10 bits per heavy atom. The summed E-state index contributed by atoms with van der Waals surface area (Å²) < 4.78 is 50.6. The van der Waals surface area contributed by atoms with E-state index in [-0.39, 0.29) is 10.0 Å². The third-order valence-electron chi connectivity index (χ3n) is 4.25. The summed E-state index contributed by atoms with van der Waals surface area (Å²) in [6, 6.07) is 9.85. The van der Waals surface area contributed by atoms with Crippen LogP contribution in [0.4, 0.5) is 18.9 Å². The largest absolute Gasteiger partial charge is 0.490 e. The first-order valence-corrected chi connectivity index (χ1v) is 10.8. The predicted molar refractivity (Wildman–Crippen MR) is 120 cm³/mol. The summed E-state index contributed by atoms with van der Waals surface area (Å²) >= 11 is 6.30. The van der Waals surface area contributed by atoms with Gasteiger partial charge in [0.2, 0.25) is 0 Å². The second-order valence-electron chi connectivity index (χ2n) is 6.55. The average molecular weight is 468 g/mol. The molecule has 1 heterocycles. The molecule has 0 radical (unpaired) electrons. The van der Waals surface area contributed by atoms with Crippen LogP contribution >= 0.6 is 24.0 Å². The van der Waals surface area contributed by atoms with E-state index in [1.807, 2.05) is 13.8 Å². The van der Waals surface area contributed by atoms with Gasteiger partial charge in [0.05, 0.1) is 29.4 Å². The molecule has 1 fully saturated rings. The smallest absolute Gasteiger partial charge is 0.416 e. The van der Waals surface area contributed by atoms with Crippen LogP contribution in [0.1, 0.15) is 31.4 Å². The maximum atomic E-state index is 13.0. The van der Waals surface area contributed by atoms with E-state index in [1.54, 1.807) is 24.3 Å². The SMILES string of the molecule is CCCOc1ccc(/C=C2/SC(=S)N(c3cccc(C(F)(F)F)c3)C2=O)cc1OCC. The molecule has 1 aliphatic rings. The molecule has 0 spiro atoms. The van der Waals surface area contributed by atoms with Gasteiger partial charge in [-0.2, -0.15) is 13.2 Å². The van der Waals surface area contributed by atoms with Crippen molar-refractivity contribution in [3.05, 3.63) is 58.5 Å². The van der Waals surface area contributed by atoms with Gasteiger partial charge >= 0.3 is 6.18 Å². The van der Waals surface area contributed by atoms with Crippen LogP contribution in [0.5, 0.6) is 11.5 Å². The van der Waals surface area contributed by atoms with Crippen molar-refractivity contribution in [1.29, 1.82) is 0 Å². The van der Waals surface area contributed by atoms with Crippen LogP contribution in [-0.2, 0) is 11.0 Å². The van der Waals surface area contributed by atoms with Crippen molar-refractivity contribution < 1.29 is 27.4 Å². The molecule has 0 aromatic heterocycles. The van der Waals surface area contributed by atoms with E-state index in [1.165, 1.54) is 12.1 Å². The van der Waals surface area contributed by atoms with Gasteiger partial charge in [-0.05, 0) is 55.3 Å². The number of ether oxygens (including phenoxy) is 2. The number of rotatable bonds is 7. The number of nitrogens with zero attached hydrogens (tertiary/aromatic N) is 1. The Morgan fingerprint density at radius 3 is 2.55 bits per heavy atom. The van der Waals surface area contributed by atoms with Crippen molar-refractivity contribution in [2.75, 3.05) is 18.1 Å². The van der Waals surface area contributed by atoms with E-state index >= 15 is 0 Å². The van der Waals surface area contributed by atoms with E-state index in [0.717, 1.165) is 35.2 Å². The Morgan fingerprint density at radius 2 is 1.87 bits per heavy atom. The topological polar surface area (TPSA) is 38.8 Å². The Balaban J connectivity index is 1.89. The molecule has 9 heteroatoms. The van der Waals surface area contributed by atoms with Crippen LogP contribution < -0.4 is 14.4 Å². The van der Waals surface area contributed by atoms with Crippen LogP contribution in [-0.4, -0.2) is 23.4 Å². The first-order valence-electron chi connectivity index (χ1n) is 9.59. The first-order chi connectivity index (χ1) is 14.7. The number of carbonyl (C=O) groups excluding carboxylic acids is 1. The van der Waals surface area contributed by atoms with Gasteiger partial charge in [0.1, 0.15) is 0 Å². The van der Waals surface area contributed by atoms with Gasteiger partial charge in [-0.15, -0.1) is 0 Å². The third kappa shape index (κ3) is 5.40. The molecule has 2 aromatic rings. The molecule has 4 nitrogen and oxygen atoms in total. The van der Waals surface area contributed by atoms with E-state index in [9.17, 15) is 18.0 Å². The number of hydrogen-bond acceptors (Lipinski definition) is 5. The number of thiocarbonyl (C=S) groups is 1. The number of hydrogen-bond donors (Lipinski definition) is 0. The molecular weight excluding hydrogens is 447 g/mol. The molecule has 0 bridgehead atoms. The van der Waals surface area contributed by atoms with Crippen molar-refractivity contribution in [2.45, 2.75) is 26.4 Å². The Kier molecular flexibility index (Phi) is 7.27. The van der Waals surface area contributed by atoms with Crippen LogP contribution in [0.25, 0.3) is 6.08 Å². The average Bonchev–Trinajstić information content (AvgIpc) is 3.00. The minimum atomic E-state index is -4.51. The standard InChI is InChI=1S/C22H20F3NO3S2/c1-3-10-29-17-9-8-14(11-18(17)28-4-2)12-19-20(27)26(21(30)31-19)16-7-5-6-15(13-16)22(23,24)25/h5-9,11-13H,3-4,10H2,1-2H3/b19-12+. The highest BCUT2D eigenvalue weighted by molar-refractivity contribution is 8.27. The van der Waals surface area contributed by atoms with Gasteiger partial charge < -0.3 is 9.47 Å². The predicted octanol–water partition coefficient (Wildman–Crippen LogP) is 6.30. The van der Waals surface area contributed by atoms with Crippen molar-refractivity contribution in [2.24, 2.45) is 0 Å². The maximum absolute atomic E-state index is 13.0. The molecular formula is C22H20F3NO3S2. The van der Waals surface area contributed by atoms with Gasteiger partial charge in [-0.25, -0.2) is 0 Å². The van der Waals surface area contributed by atoms with Gasteiger partial charge in [-0.3, -0.25) is 9.69 Å². The lowest BCUT2D eigenvalue weighted by Gasteiger charge is -2.16. The maximum Gasteiger partial charge on any atom is 0.416 e. The molecule has 1 amide bonds. The molecule has 31 heavy (non-hydrogen) atoms. The number of alkyl halides is 3. The van der Waals surface area contributed by atoms with Gasteiger partial charge in [0.15, 0.2) is 15.8 Å². The van der Waals surface area contributed by atoms with Gasteiger partial charge in [0, 0.05) is 0 Å². The summed E-state index contributed by atoms with van der Waals surface area (Å²) in [4.78, 5) is 14.3. The summed E-state index contributed by atoms with van der Waals surface area (Å²) in [5, 5.41) is 0. The highest BCUT2D eigenvalue weighted by atomic mass is 32.2. The summed E-state index contributed by atoms with van der Waals surface area (Å²) in [7, 11) is 0. The Hall–Kier alpha value is -2.52. The molecule has 3 rings (SSSR count). The zero-order valence-electron chi connectivity index (χ0n) is 16.9. The zero-order valence-corrected chi connectivity index (χ0v) is 18.5. The number of thioether (sulfide) groups is 1. The van der Waals surface area contributed by atoms with E-state index < -0.39 is 17.6 Å². The highest BCUT2D eigenvalue weighted by Gasteiger charge is 2.36. The van der Waals surface area contributed by atoms with E-state index in [0.29, 0.717) is 35.2 Å². The Bertz CT molecular complexity index is 1020. The van der Waals surface area contributed by atoms with Gasteiger partial charge in [-0.1, -0.05) is 43.0 Å². The minimum absolute atomic E-state index is 0.0824. The fourth-order valence-corrected chi connectivity index (χ4v) is 4.18. The molecule has 1 saturated heterocycles. The lowest BCUT2D eigenvalue weighted by molar-refractivity contribution is -0.137. The molecule has 1 aliphatic heterocycles. The second kappa shape index (κ2) is 9.74. The van der Waals surface area contributed by atoms with Crippen LogP contribution in [0.2, 0.25) is 0 Å². The van der Waals surface area contributed by atoms with Crippen LogP contribution in [0.15, 0.2) is 47.4 Å². The molecule has 0 N–H and O–H groups in total. The first kappa shape index (κ1) is 23.1. The minimum Gasteiger partial charge on any atom is -0.490 e. The van der Waals surface area contributed by atoms with Gasteiger partial charge in [0.25, 0.3) is 5.91 Å². The van der Waals surface area contributed by atoms with E-state index in [4.69, 9.17) is 21.7 Å². The zero-order chi connectivity index (χ0) is 22.6. The summed E-state index contributed by atoms with van der Waals surface area (Å²) in [5.74, 6) is 0.689. The second-order valence-corrected chi connectivity index (χ2v) is 8.23. The normalized spacial score (nSPS) is 15.6. The number of amides is 1. The summed E-state index contributed by atoms with van der Waals surface area (Å²) in [5.41, 5.74) is -0.0667. The number of anilines is 1. The molecule has 0 atom stereocenters. The van der Waals surface area contributed by atoms with Crippen molar-refractivity contribution in [3.63, 3.8) is 0 Å². The van der Waals surface area contributed by atoms with Crippen LogP contribution in [0, 0.1) is 0 Å². The summed E-state index contributed by atoms with van der Waals surface area (Å²) in [6.45, 7) is 4.86. The quantitative estimate of drug-likeness (QED) is 0.353. The van der Waals surface area contributed by atoms with Crippen LogP contribution in [0.3, 0.4) is 0 Å². The fourth-order valence-electron chi connectivity index (χ4n) is 2.88. The third-order valence-corrected chi connectivity index (χ3v) is 5.55.